The van der Waals surface area contributed by atoms with Crippen LogP contribution in [0, 0.1) is 0 Å². The van der Waals surface area contributed by atoms with E-state index in [0.717, 1.165) is 16.8 Å². The predicted molar refractivity (Wildman–Crippen MR) is 94.7 cm³/mol. The Kier molecular flexibility index (Phi) is 4.43. The highest BCUT2D eigenvalue weighted by Crippen LogP contribution is 2.28. The van der Waals surface area contributed by atoms with Crippen molar-refractivity contribution in [1.29, 1.82) is 0 Å². The van der Waals surface area contributed by atoms with Crippen LogP contribution in [0.15, 0.2) is 65.6 Å². The van der Waals surface area contributed by atoms with Crippen molar-refractivity contribution >= 4 is 32.5 Å². The summed E-state index contributed by atoms with van der Waals surface area (Å²) in [5, 5.41) is 4.64. The molecule has 128 valence electrons. The number of benzene rings is 3. The molecule has 0 fully saturated rings. The van der Waals surface area contributed by atoms with Crippen LogP contribution in [-0.2, 0) is 10.1 Å². The van der Waals surface area contributed by atoms with E-state index in [-0.39, 0.29) is 16.6 Å². The van der Waals surface area contributed by atoms with Crippen LogP contribution in [0.4, 0.5) is 5.69 Å². The molecule has 0 radical (unpaired) electrons. The molecule has 3 rings (SSSR count). The highest BCUT2D eigenvalue weighted by molar-refractivity contribution is 7.85. The van der Waals surface area contributed by atoms with Gasteiger partial charge in [0.1, 0.15) is 5.75 Å². The minimum Gasteiger partial charge on any atom is -0.495 e. The molecule has 0 aliphatic carbocycles. The highest BCUT2D eigenvalue weighted by atomic mass is 32.2. The lowest BCUT2D eigenvalue weighted by Gasteiger charge is -2.11. The van der Waals surface area contributed by atoms with Gasteiger partial charge < -0.3 is 10.1 Å². The standard InChI is InChI=1S/C18H15NO5S/c1-24-17-11-15(25(21,22)23)8-9-16(17)19-18(20)14-7-6-12-4-2-3-5-13(12)10-14/h2-11H,1H3,(H,19,20)(H,21,22,23). The Morgan fingerprint density at radius 1 is 1.00 bits per heavy atom. The molecule has 0 atom stereocenters. The first-order valence-corrected chi connectivity index (χ1v) is 8.78. The average Bonchev–Trinajstić information content (AvgIpc) is 2.60. The zero-order valence-corrected chi connectivity index (χ0v) is 14.1. The number of carbonyl (C=O) groups excluding carboxylic acids is 1. The van der Waals surface area contributed by atoms with Crippen molar-refractivity contribution in [3.8, 4) is 5.75 Å². The molecule has 25 heavy (non-hydrogen) atoms. The number of fused-ring (bicyclic) bond motifs is 1. The SMILES string of the molecule is COc1cc(S(=O)(=O)O)ccc1NC(=O)c1ccc2ccccc2c1. The predicted octanol–water partition coefficient (Wildman–Crippen LogP) is 3.35. The van der Waals surface area contributed by atoms with Crippen molar-refractivity contribution in [1.82, 2.24) is 0 Å². The number of hydrogen-bond acceptors (Lipinski definition) is 4. The summed E-state index contributed by atoms with van der Waals surface area (Å²) in [7, 11) is -3.01. The van der Waals surface area contributed by atoms with Crippen LogP contribution < -0.4 is 10.1 Å². The normalized spacial score (nSPS) is 11.3. The quantitative estimate of drug-likeness (QED) is 0.699. The van der Waals surface area contributed by atoms with E-state index in [9.17, 15) is 13.2 Å². The number of hydrogen-bond donors (Lipinski definition) is 2. The molecular weight excluding hydrogens is 342 g/mol. The highest BCUT2D eigenvalue weighted by Gasteiger charge is 2.15. The third kappa shape index (κ3) is 3.62. The number of anilines is 1. The first-order valence-electron chi connectivity index (χ1n) is 7.34. The van der Waals surface area contributed by atoms with Crippen molar-refractivity contribution in [3.05, 3.63) is 66.2 Å². The molecule has 3 aromatic rings. The van der Waals surface area contributed by atoms with Gasteiger partial charge in [-0.3, -0.25) is 9.35 Å². The Morgan fingerprint density at radius 3 is 2.40 bits per heavy atom. The van der Waals surface area contributed by atoms with Gasteiger partial charge in [0.25, 0.3) is 16.0 Å². The van der Waals surface area contributed by atoms with Gasteiger partial charge in [0.15, 0.2) is 0 Å². The minimum atomic E-state index is -4.35. The molecule has 0 unspecified atom stereocenters. The summed E-state index contributed by atoms with van der Waals surface area (Å²) in [6, 6.07) is 16.7. The lowest BCUT2D eigenvalue weighted by Crippen LogP contribution is -2.13. The average molecular weight is 357 g/mol. The lowest BCUT2D eigenvalue weighted by atomic mass is 10.1. The maximum atomic E-state index is 12.5. The summed E-state index contributed by atoms with van der Waals surface area (Å²) in [6.07, 6.45) is 0. The van der Waals surface area contributed by atoms with Gasteiger partial charge in [0.05, 0.1) is 17.7 Å². The summed E-state index contributed by atoms with van der Waals surface area (Å²) in [5.41, 5.74) is 0.757. The number of nitrogens with one attached hydrogen (secondary N) is 1. The maximum absolute atomic E-state index is 12.5. The first kappa shape index (κ1) is 16.9. The van der Waals surface area contributed by atoms with Crippen molar-refractivity contribution in [2.24, 2.45) is 0 Å². The third-order valence-electron chi connectivity index (χ3n) is 3.73. The van der Waals surface area contributed by atoms with E-state index in [1.165, 1.54) is 19.2 Å². The Hall–Kier alpha value is -2.90. The second-order valence-corrected chi connectivity index (χ2v) is 6.77. The van der Waals surface area contributed by atoms with E-state index in [4.69, 9.17) is 9.29 Å². The molecule has 3 aromatic carbocycles. The number of methoxy groups -OCH3 is 1. The van der Waals surface area contributed by atoms with E-state index in [1.807, 2.05) is 30.3 Å². The molecule has 7 heteroatoms. The Bertz CT molecular complexity index is 1060. The Morgan fingerprint density at radius 2 is 1.72 bits per heavy atom. The van der Waals surface area contributed by atoms with Crippen LogP contribution in [-0.4, -0.2) is 26.0 Å². The maximum Gasteiger partial charge on any atom is 0.294 e. The van der Waals surface area contributed by atoms with Crippen molar-refractivity contribution in [2.45, 2.75) is 4.90 Å². The molecule has 0 bridgehead atoms. The first-order chi connectivity index (χ1) is 11.9. The Labute approximate surface area is 144 Å². The van der Waals surface area contributed by atoms with Crippen LogP contribution in [0.25, 0.3) is 10.8 Å². The number of rotatable bonds is 4. The molecule has 0 aliphatic rings. The van der Waals surface area contributed by atoms with Gasteiger partial charge in [-0.15, -0.1) is 0 Å². The van der Waals surface area contributed by atoms with E-state index >= 15 is 0 Å². The summed E-state index contributed by atoms with van der Waals surface area (Å²) >= 11 is 0. The zero-order chi connectivity index (χ0) is 18.0. The fraction of sp³-hybridized carbons (Fsp3) is 0.0556. The van der Waals surface area contributed by atoms with Crippen molar-refractivity contribution in [3.63, 3.8) is 0 Å². The van der Waals surface area contributed by atoms with Gasteiger partial charge in [-0.25, -0.2) is 0 Å². The van der Waals surface area contributed by atoms with Crippen LogP contribution in [0.3, 0.4) is 0 Å². The van der Waals surface area contributed by atoms with E-state index in [1.54, 1.807) is 12.1 Å². The smallest absolute Gasteiger partial charge is 0.294 e. The summed E-state index contributed by atoms with van der Waals surface area (Å²) in [5.74, 6) is -0.229. The van der Waals surface area contributed by atoms with Crippen LogP contribution >= 0.6 is 0 Å². The number of carbonyl (C=O) groups is 1. The Balaban J connectivity index is 1.91. The molecule has 0 aliphatic heterocycles. The van der Waals surface area contributed by atoms with E-state index in [2.05, 4.69) is 5.32 Å². The van der Waals surface area contributed by atoms with Crippen LogP contribution in [0.2, 0.25) is 0 Å². The van der Waals surface area contributed by atoms with Gasteiger partial charge in [-0.05, 0) is 35.0 Å². The van der Waals surface area contributed by atoms with Crippen LogP contribution in [0.1, 0.15) is 10.4 Å². The molecule has 0 saturated carbocycles. The third-order valence-corrected chi connectivity index (χ3v) is 4.58. The second kappa shape index (κ2) is 6.54. The van der Waals surface area contributed by atoms with E-state index < -0.39 is 10.1 Å². The molecular formula is C18H15NO5S. The molecule has 0 spiro atoms. The van der Waals surface area contributed by atoms with Gasteiger partial charge in [0, 0.05) is 11.6 Å². The number of amides is 1. The largest absolute Gasteiger partial charge is 0.495 e. The van der Waals surface area contributed by atoms with Crippen LogP contribution in [0.5, 0.6) is 5.75 Å². The van der Waals surface area contributed by atoms with Crippen molar-refractivity contribution in [2.75, 3.05) is 12.4 Å². The van der Waals surface area contributed by atoms with Gasteiger partial charge in [-0.1, -0.05) is 30.3 Å². The molecule has 0 heterocycles. The van der Waals surface area contributed by atoms with E-state index in [0.29, 0.717) is 11.3 Å². The molecule has 6 nitrogen and oxygen atoms in total. The molecule has 1 amide bonds. The molecule has 0 saturated heterocycles. The monoisotopic (exact) mass is 357 g/mol. The number of ether oxygens (including phenoxy) is 1. The van der Waals surface area contributed by atoms with Gasteiger partial charge >= 0.3 is 0 Å². The van der Waals surface area contributed by atoms with Crippen molar-refractivity contribution < 1.29 is 22.5 Å². The zero-order valence-electron chi connectivity index (χ0n) is 13.3. The summed E-state index contributed by atoms with van der Waals surface area (Å²) in [6.45, 7) is 0. The summed E-state index contributed by atoms with van der Waals surface area (Å²) in [4.78, 5) is 12.2. The molecule has 0 aromatic heterocycles. The van der Waals surface area contributed by atoms with Gasteiger partial charge in [0.2, 0.25) is 0 Å². The fourth-order valence-electron chi connectivity index (χ4n) is 2.46. The fourth-order valence-corrected chi connectivity index (χ4v) is 2.96. The second-order valence-electron chi connectivity index (χ2n) is 5.35. The molecule has 2 N–H and O–H groups in total. The summed E-state index contributed by atoms with van der Waals surface area (Å²) < 4.78 is 36.6. The topological polar surface area (TPSA) is 92.7 Å². The minimum absolute atomic E-state index is 0.129. The lowest BCUT2D eigenvalue weighted by molar-refractivity contribution is 0.102. The van der Waals surface area contributed by atoms with Gasteiger partial charge in [-0.2, -0.15) is 8.42 Å².